The van der Waals surface area contributed by atoms with E-state index in [1.165, 1.54) is 11.3 Å². The molecular weight excluding hydrogens is 292 g/mol. The van der Waals surface area contributed by atoms with Crippen LogP contribution in [0.4, 0.5) is 0 Å². The van der Waals surface area contributed by atoms with Gasteiger partial charge in [-0.1, -0.05) is 6.92 Å². The summed E-state index contributed by atoms with van der Waals surface area (Å²) < 4.78 is 7.45. The number of β-amino-alcohol motifs (C(OH)–C–C–N with tert-alkyl or cyclic N) is 1. The average molecular weight is 324 g/mol. The largest absolute Gasteiger partial charge is 0.390 e. The number of hydrogen-bond donors (Lipinski definition) is 1. The van der Waals surface area contributed by atoms with Crippen LogP contribution in [0.25, 0.3) is 0 Å². The topological polar surface area (TPSA) is 53.8 Å². The van der Waals surface area contributed by atoms with E-state index in [4.69, 9.17) is 4.74 Å². The highest BCUT2D eigenvalue weighted by Gasteiger charge is 2.18. The maximum atomic E-state index is 10.3. The van der Waals surface area contributed by atoms with Crippen molar-refractivity contribution < 1.29 is 9.84 Å². The first kappa shape index (κ1) is 18.4. The average Bonchev–Trinajstić information content (AvgIpc) is 2.76. The second-order valence-electron chi connectivity index (χ2n) is 6.64. The zero-order valence-corrected chi connectivity index (χ0v) is 15.1. The Kier molecular flexibility index (Phi) is 7.02. The molecule has 0 radical (unpaired) electrons. The second kappa shape index (κ2) is 8.78. The molecule has 1 aromatic heterocycles. The Morgan fingerprint density at radius 3 is 2.65 bits per heavy atom. The van der Waals surface area contributed by atoms with Gasteiger partial charge in [0.15, 0.2) is 0 Å². The lowest BCUT2D eigenvalue weighted by molar-refractivity contribution is 0.00823. The van der Waals surface area contributed by atoms with Crippen LogP contribution in [0.1, 0.15) is 30.3 Å². The molecular formula is C17H32N4O2. The van der Waals surface area contributed by atoms with Gasteiger partial charge in [0.2, 0.25) is 0 Å². The molecule has 2 rings (SSSR count). The number of aromatic nitrogens is 2. The third kappa shape index (κ3) is 5.28. The molecule has 1 unspecified atom stereocenters. The van der Waals surface area contributed by atoms with Crippen LogP contribution in [-0.4, -0.2) is 77.2 Å². The quantitative estimate of drug-likeness (QED) is 0.774. The van der Waals surface area contributed by atoms with Crippen LogP contribution < -0.4 is 0 Å². The molecule has 1 fully saturated rings. The minimum absolute atomic E-state index is 0.329. The van der Waals surface area contributed by atoms with Gasteiger partial charge in [0.25, 0.3) is 0 Å². The molecule has 132 valence electrons. The fourth-order valence-corrected chi connectivity index (χ4v) is 3.23. The number of nitrogens with zero attached hydrogens (tertiary/aromatic N) is 4. The van der Waals surface area contributed by atoms with Crippen molar-refractivity contribution in [2.45, 2.75) is 46.4 Å². The van der Waals surface area contributed by atoms with E-state index in [0.717, 1.165) is 58.1 Å². The molecule has 0 aromatic carbocycles. The zero-order chi connectivity index (χ0) is 16.8. The van der Waals surface area contributed by atoms with E-state index in [9.17, 15) is 5.11 Å². The summed E-state index contributed by atoms with van der Waals surface area (Å²) in [6.07, 6.45) is 0.764. The number of ether oxygens (including phenoxy) is 1. The summed E-state index contributed by atoms with van der Waals surface area (Å²) in [5.41, 5.74) is 3.64. The van der Waals surface area contributed by atoms with E-state index in [0.29, 0.717) is 6.54 Å². The van der Waals surface area contributed by atoms with E-state index in [1.54, 1.807) is 0 Å². The number of morpholine rings is 1. The molecule has 6 nitrogen and oxygen atoms in total. The van der Waals surface area contributed by atoms with Crippen molar-refractivity contribution in [3.63, 3.8) is 0 Å². The van der Waals surface area contributed by atoms with Crippen LogP contribution in [0.15, 0.2) is 0 Å². The lowest BCUT2D eigenvalue weighted by Gasteiger charge is -2.30. The SMILES string of the molecule is CCCn1nc(C)c(CN(C)CC(O)CN2CCOCC2)c1C. The molecule has 1 aromatic rings. The Morgan fingerprint density at radius 1 is 1.30 bits per heavy atom. The van der Waals surface area contributed by atoms with Gasteiger partial charge < -0.3 is 9.84 Å². The first-order valence-corrected chi connectivity index (χ1v) is 8.70. The van der Waals surface area contributed by atoms with Gasteiger partial charge >= 0.3 is 0 Å². The van der Waals surface area contributed by atoms with E-state index in [-0.39, 0.29) is 6.10 Å². The molecule has 23 heavy (non-hydrogen) atoms. The van der Waals surface area contributed by atoms with Crippen molar-refractivity contribution in [1.29, 1.82) is 0 Å². The summed E-state index contributed by atoms with van der Waals surface area (Å²) in [7, 11) is 2.07. The Labute approximate surface area is 140 Å². The standard InChI is InChI=1S/C17H32N4O2/c1-5-6-21-15(3)17(14(2)18-21)13-19(4)11-16(22)12-20-7-9-23-10-8-20/h16,22H,5-13H2,1-4H3. The van der Waals surface area contributed by atoms with Gasteiger partial charge in [-0.2, -0.15) is 5.10 Å². The highest BCUT2D eigenvalue weighted by molar-refractivity contribution is 5.24. The Morgan fingerprint density at radius 2 is 2.00 bits per heavy atom. The summed E-state index contributed by atoms with van der Waals surface area (Å²) in [6, 6.07) is 0. The van der Waals surface area contributed by atoms with Crippen molar-refractivity contribution in [2.75, 3.05) is 46.4 Å². The third-order valence-electron chi connectivity index (χ3n) is 4.49. The first-order valence-electron chi connectivity index (χ1n) is 8.70. The van der Waals surface area contributed by atoms with E-state index < -0.39 is 0 Å². The predicted octanol–water partition coefficient (Wildman–Crippen LogP) is 1.03. The Balaban J connectivity index is 1.85. The maximum Gasteiger partial charge on any atom is 0.0793 e. The molecule has 0 saturated carbocycles. The number of aliphatic hydroxyl groups excluding tert-OH is 1. The van der Waals surface area contributed by atoms with Crippen molar-refractivity contribution in [3.05, 3.63) is 17.0 Å². The van der Waals surface area contributed by atoms with Crippen molar-refractivity contribution in [3.8, 4) is 0 Å². The molecule has 1 N–H and O–H groups in total. The van der Waals surface area contributed by atoms with E-state index in [1.807, 2.05) is 0 Å². The summed E-state index contributed by atoms with van der Waals surface area (Å²) in [6.45, 7) is 13.0. The van der Waals surface area contributed by atoms with Crippen LogP contribution in [0.3, 0.4) is 0 Å². The normalized spacial score (nSPS) is 17.8. The minimum Gasteiger partial charge on any atom is -0.390 e. The molecule has 1 atom stereocenters. The monoisotopic (exact) mass is 324 g/mol. The zero-order valence-electron chi connectivity index (χ0n) is 15.1. The third-order valence-corrected chi connectivity index (χ3v) is 4.49. The van der Waals surface area contributed by atoms with Crippen LogP contribution in [0.2, 0.25) is 0 Å². The van der Waals surface area contributed by atoms with Crippen LogP contribution in [0.5, 0.6) is 0 Å². The van der Waals surface area contributed by atoms with Gasteiger partial charge in [-0.15, -0.1) is 0 Å². The molecule has 0 spiro atoms. The highest BCUT2D eigenvalue weighted by atomic mass is 16.5. The summed E-state index contributed by atoms with van der Waals surface area (Å²) in [5.74, 6) is 0. The molecule has 0 amide bonds. The molecule has 0 bridgehead atoms. The Hall–Kier alpha value is -0.950. The lowest BCUT2D eigenvalue weighted by atomic mass is 10.1. The first-order chi connectivity index (χ1) is 11.0. The summed E-state index contributed by atoms with van der Waals surface area (Å²) >= 11 is 0. The molecule has 6 heteroatoms. The van der Waals surface area contributed by atoms with Crippen molar-refractivity contribution in [2.24, 2.45) is 0 Å². The predicted molar refractivity (Wildman–Crippen MR) is 91.6 cm³/mol. The number of aryl methyl sites for hydroxylation is 2. The molecule has 1 saturated heterocycles. The summed E-state index contributed by atoms with van der Waals surface area (Å²) in [5, 5.41) is 15.0. The highest BCUT2D eigenvalue weighted by Crippen LogP contribution is 2.15. The van der Waals surface area contributed by atoms with Gasteiger partial charge in [-0.05, 0) is 27.3 Å². The summed E-state index contributed by atoms with van der Waals surface area (Å²) in [4.78, 5) is 4.47. The smallest absolute Gasteiger partial charge is 0.0793 e. The van der Waals surface area contributed by atoms with Gasteiger partial charge in [-0.25, -0.2) is 0 Å². The number of rotatable bonds is 8. The number of likely N-dealkylation sites (N-methyl/N-ethyl adjacent to an activating group) is 1. The molecule has 1 aliphatic rings. The van der Waals surface area contributed by atoms with Crippen LogP contribution in [-0.2, 0) is 17.8 Å². The van der Waals surface area contributed by atoms with E-state index >= 15 is 0 Å². The second-order valence-corrected chi connectivity index (χ2v) is 6.64. The lowest BCUT2D eigenvalue weighted by Crippen LogP contribution is -2.44. The van der Waals surface area contributed by atoms with E-state index in [2.05, 4.69) is 47.4 Å². The molecule has 2 heterocycles. The minimum atomic E-state index is -0.329. The fourth-order valence-electron chi connectivity index (χ4n) is 3.23. The van der Waals surface area contributed by atoms with Crippen molar-refractivity contribution >= 4 is 0 Å². The van der Waals surface area contributed by atoms with Crippen LogP contribution >= 0.6 is 0 Å². The number of hydrogen-bond acceptors (Lipinski definition) is 5. The fraction of sp³-hybridized carbons (Fsp3) is 0.824. The molecule has 1 aliphatic heterocycles. The van der Waals surface area contributed by atoms with Gasteiger partial charge in [0.05, 0.1) is 25.0 Å². The van der Waals surface area contributed by atoms with Crippen LogP contribution in [0, 0.1) is 13.8 Å². The van der Waals surface area contributed by atoms with Gasteiger partial charge in [-0.3, -0.25) is 14.5 Å². The van der Waals surface area contributed by atoms with Crippen molar-refractivity contribution in [1.82, 2.24) is 19.6 Å². The number of aliphatic hydroxyl groups is 1. The van der Waals surface area contributed by atoms with Gasteiger partial charge in [0.1, 0.15) is 0 Å². The van der Waals surface area contributed by atoms with Gasteiger partial charge in [0, 0.05) is 50.5 Å². The Bertz CT molecular complexity index is 483. The maximum absolute atomic E-state index is 10.3. The molecule has 0 aliphatic carbocycles.